The Balaban J connectivity index is 1.66. The van der Waals surface area contributed by atoms with Gasteiger partial charge in [0.25, 0.3) is 0 Å². The van der Waals surface area contributed by atoms with Gasteiger partial charge in [-0.3, -0.25) is 14.6 Å². The Morgan fingerprint density at radius 1 is 0.972 bits per heavy atom. The monoisotopic (exact) mass is 494 g/mol. The summed E-state index contributed by atoms with van der Waals surface area (Å²) in [6.07, 6.45) is 3.39. The Hall–Kier alpha value is -3.55. The van der Waals surface area contributed by atoms with Gasteiger partial charge in [0.2, 0.25) is 11.8 Å². The van der Waals surface area contributed by atoms with Gasteiger partial charge in [0.15, 0.2) is 11.5 Å². The molecule has 0 aromatic heterocycles. The Bertz CT molecular complexity index is 1050. The average Bonchev–Trinajstić information content (AvgIpc) is 3.30. The number of carbonyl (C=O) groups is 2. The van der Waals surface area contributed by atoms with Crippen LogP contribution in [0.25, 0.3) is 0 Å². The predicted molar refractivity (Wildman–Crippen MR) is 144 cm³/mol. The van der Waals surface area contributed by atoms with E-state index in [0.29, 0.717) is 48.7 Å². The number of ether oxygens (including phenoxy) is 2. The van der Waals surface area contributed by atoms with Crippen LogP contribution in [0, 0.1) is 11.8 Å². The number of rotatable bonds is 11. The summed E-state index contributed by atoms with van der Waals surface area (Å²) in [6.45, 7) is 11.8. The maximum absolute atomic E-state index is 12.9. The summed E-state index contributed by atoms with van der Waals surface area (Å²) in [5.74, 6) is 2.00. The molecule has 1 unspecified atom stereocenters. The number of nitrogens with one attached hydrogen (secondary N) is 2. The number of anilines is 2. The average molecular weight is 495 g/mol. The van der Waals surface area contributed by atoms with Crippen molar-refractivity contribution in [2.24, 2.45) is 16.9 Å². The van der Waals surface area contributed by atoms with Crippen LogP contribution in [0.5, 0.6) is 11.5 Å². The van der Waals surface area contributed by atoms with Crippen LogP contribution in [0.3, 0.4) is 0 Å². The van der Waals surface area contributed by atoms with E-state index >= 15 is 0 Å². The van der Waals surface area contributed by atoms with Crippen LogP contribution in [-0.4, -0.2) is 48.8 Å². The molecule has 2 N–H and O–H groups in total. The summed E-state index contributed by atoms with van der Waals surface area (Å²) in [7, 11) is 0. The number of benzene rings is 2. The second-order valence-corrected chi connectivity index (χ2v) is 9.93. The third-order valence-corrected chi connectivity index (χ3v) is 5.47. The first kappa shape index (κ1) is 27.0. The number of hydrogen-bond donors (Lipinski definition) is 2. The van der Waals surface area contributed by atoms with Crippen LogP contribution >= 0.6 is 0 Å². The van der Waals surface area contributed by atoms with Gasteiger partial charge in [-0.05, 0) is 72.7 Å². The lowest BCUT2D eigenvalue weighted by Crippen LogP contribution is -2.36. The smallest absolute Gasteiger partial charge is 0.248 e. The summed E-state index contributed by atoms with van der Waals surface area (Å²) in [5.41, 5.74) is 2.24. The van der Waals surface area contributed by atoms with E-state index in [1.165, 1.54) is 6.92 Å². The molecule has 36 heavy (non-hydrogen) atoms. The van der Waals surface area contributed by atoms with Crippen molar-refractivity contribution in [2.45, 2.75) is 53.5 Å². The molecule has 2 amide bonds. The predicted octanol–water partition coefficient (Wildman–Crippen LogP) is 5.15. The molecule has 194 valence electrons. The fraction of sp³-hybridized carbons (Fsp3) is 0.464. The molecule has 1 aliphatic heterocycles. The lowest BCUT2D eigenvalue weighted by Gasteiger charge is -2.21. The molecule has 1 fully saturated rings. The van der Waals surface area contributed by atoms with Gasteiger partial charge in [0.1, 0.15) is 6.04 Å². The van der Waals surface area contributed by atoms with Gasteiger partial charge in [0.05, 0.1) is 19.4 Å². The SMILES string of the molecule is CC(=O)Nc1ccc(NC(=O)C2CCCN2/N=C/c2ccc(OCC(C)C)c(OCC(C)C)c2)cc1. The van der Waals surface area contributed by atoms with Crippen molar-refractivity contribution in [1.82, 2.24) is 5.01 Å². The Kier molecular flexibility index (Phi) is 9.73. The van der Waals surface area contributed by atoms with E-state index < -0.39 is 0 Å². The van der Waals surface area contributed by atoms with Crippen LogP contribution in [0.1, 0.15) is 53.0 Å². The zero-order valence-corrected chi connectivity index (χ0v) is 21.9. The van der Waals surface area contributed by atoms with Gasteiger partial charge >= 0.3 is 0 Å². The zero-order chi connectivity index (χ0) is 26.1. The summed E-state index contributed by atoms with van der Waals surface area (Å²) in [6, 6.07) is 12.5. The summed E-state index contributed by atoms with van der Waals surface area (Å²) >= 11 is 0. The number of hydrogen-bond acceptors (Lipinski definition) is 6. The van der Waals surface area contributed by atoms with E-state index in [1.807, 2.05) is 23.2 Å². The zero-order valence-electron chi connectivity index (χ0n) is 21.9. The highest BCUT2D eigenvalue weighted by atomic mass is 16.5. The second kappa shape index (κ2) is 13.0. The van der Waals surface area contributed by atoms with Crippen molar-refractivity contribution in [3.63, 3.8) is 0 Å². The highest BCUT2D eigenvalue weighted by Crippen LogP contribution is 2.29. The fourth-order valence-corrected chi connectivity index (χ4v) is 3.71. The first-order chi connectivity index (χ1) is 17.2. The highest BCUT2D eigenvalue weighted by Gasteiger charge is 2.29. The third kappa shape index (κ3) is 8.29. The van der Waals surface area contributed by atoms with Crippen LogP contribution in [0.2, 0.25) is 0 Å². The van der Waals surface area contributed by atoms with Crippen molar-refractivity contribution in [3.05, 3.63) is 48.0 Å². The maximum atomic E-state index is 12.9. The number of hydrazone groups is 1. The summed E-state index contributed by atoms with van der Waals surface area (Å²) in [5, 5.41) is 12.1. The minimum absolute atomic E-state index is 0.102. The molecule has 8 heteroatoms. The lowest BCUT2D eigenvalue weighted by molar-refractivity contribution is -0.120. The van der Waals surface area contributed by atoms with E-state index in [9.17, 15) is 9.59 Å². The minimum Gasteiger partial charge on any atom is -0.489 e. The molecule has 2 aromatic rings. The Morgan fingerprint density at radius 2 is 1.58 bits per heavy atom. The summed E-state index contributed by atoms with van der Waals surface area (Å²) < 4.78 is 12.0. The molecule has 0 bridgehead atoms. The van der Waals surface area contributed by atoms with Crippen LogP contribution in [0.4, 0.5) is 11.4 Å². The van der Waals surface area contributed by atoms with Crippen molar-refractivity contribution < 1.29 is 19.1 Å². The van der Waals surface area contributed by atoms with Gasteiger partial charge in [-0.1, -0.05) is 27.7 Å². The summed E-state index contributed by atoms with van der Waals surface area (Å²) in [4.78, 5) is 24.1. The van der Waals surface area contributed by atoms with Crippen LogP contribution < -0.4 is 20.1 Å². The van der Waals surface area contributed by atoms with Gasteiger partial charge in [-0.15, -0.1) is 0 Å². The Labute approximate surface area is 214 Å². The van der Waals surface area contributed by atoms with Gasteiger partial charge in [-0.25, -0.2) is 0 Å². The molecule has 1 saturated heterocycles. The van der Waals surface area contributed by atoms with E-state index in [1.54, 1.807) is 30.5 Å². The van der Waals surface area contributed by atoms with Gasteiger partial charge in [0, 0.05) is 24.8 Å². The van der Waals surface area contributed by atoms with Crippen LogP contribution in [-0.2, 0) is 9.59 Å². The number of carbonyl (C=O) groups excluding carboxylic acids is 2. The molecule has 1 heterocycles. The van der Waals surface area contributed by atoms with E-state index in [0.717, 1.165) is 24.2 Å². The topological polar surface area (TPSA) is 92.3 Å². The largest absolute Gasteiger partial charge is 0.489 e. The molecule has 8 nitrogen and oxygen atoms in total. The molecule has 2 aromatic carbocycles. The second-order valence-electron chi connectivity index (χ2n) is 9.93. The molecule has 0 spiro atoms. The van der Waals surface area contributed by atoms with E-state index in [-0.39, 0.29) is 17.9 Å². The van der Waals surface area contributed by atoms with Crippen molar-refractivity contribution in [3.8, 4) is 11.5 Å². The minimum atomic E-state index is -0.346. The van der Waals surface area contributed by atoms with E-state index in [4.69, 9.17) is 9.47 Å². The first-order valence-electron chi connectivity index (χ1n) is 12.6. The lowest BCUT2D eigenvalue weighted by atomic mass is 10.2. The third-order valence-electron chi connectivity index (χ3n) is 5.47. The van der Waals surface area contributed by atoms with Crippen molar-refractivity contribution in [1.29, 1.82) is 0 Å². The molecule has 0 radical (unpaired) electrons. The van der Waals surface area contributed by atoms with Crippen molar-refractivity contribution >= 4 is 29.4 Å². The molecule has 1 atom stereocenters. The highest BCUT2D eigenvalue weighted by molar-refractivity contribution is 5.95. The normalized spacial score (nSPS) is 15.5. The van der Waals surface area contributed by atoms with Crippen molar-refractivity contribution in [2.75, 3.05) is 30.4 Å². The van der Waals surface area contributed by atoms with Gasteiger partial charge in [-0.2, -0.15) is 5.10 Å². The molecule has 0 saturated carbocycles. The standard InChI is InChI=1S/C28H38N4O4/c1-19(2)17-35-26-13-8-22(15-27(26)36-18-20(3)4)16-29-32-14-6-7-25(32)28(34)31-24-11-9-23(10-12-24)30-21(5)33/h8-13,15-16,19-20,25H,6-7,14,17-18H2,1-5H3,(H,30,33)(H,31,34)/b29-16+. The van der Waals surface area contributed by atoms with Crippen LogP contribution in [0.15, 0.2) is 47.6 Å². The molecular weight excluding hydrogens is 456 g/mol. The first-order valence-corrected chi connectivity index (χ1v) is 12.6. The fourth-order valence-electron chi connectivity index (χ4n) is 3.71. The molecular formula is C28H38N4O4. The number of amides is 2. The van der Waals surface area contributed by atoms with Gasteiger partial charge < -0.3 is 20.1 Å². The molecule has 1 aliphatic rings. The van der Waals surface area contributed by atoms with E-state index in [2.05, 4.69) is 43.4 Å². The quantitative estimate of drug-likeness (QED) is 0.422. The molecule has 0 aliphatic carbocycles. The number of nitrogens with zero attached hydrogens (tertiary/aromatic N) is 2. The molecule has 3 rings (SSSR count). The Morgan fingerprint density at radius 3 is 2.19 bits per heavy atom. The maximum Gasteiger partial charge on any atom is 0.248 e.